The Morgan fingerprint density at radius 2 is 1.75 bits per heavy atom. The van der Waals surface area contributed by atoms with E-state index in [4.69, 9.17) is 0 Å². The van der Waals surface area contributed by atoms with Gasteiger partial charge in [-0.05, 0) is 41.5 Å². The molecule has 2 heterocycles. The van der Waals surface area contributed by atoms with E-state index < -0.39 is 17.8 Å². The molecule has 9 heteroatoms. The van der Waals surface area contributed by atoms with Gasteiger partial charge in [-0.1, -0.05) is 30.3 Å². The van der Waals surface area contributed by atoms with Crippen LogP contribution in [0.4, 0.5) is 23.7 Å². The number of aromatic amines is 1. The summed E-state index contributed by atoms with van der Waals surface area (Å²) >= 11 is 0. The second kappa shape index (κ2) is 8.93. The summed E-state index contributed by atoms with van der Waals surface area (Å²) in [5, 5.41) is 12.0. The zero-order valence-electron chi connectivity index (χ0n) is 16.6. The van der Waals surface area contributed by atoms with Crippen molar-refractivity contribution in [1.29, 1.82) is 0 Å². The van der Waals surface area contributed by atoms with Crippen molar-refractivity contribution in [2.45, 2.75) is 12.7 Å². The first kappa shape index (κ1) is 21.1. The first-order valence-electron chi connectivity index (χ1n) is 9.66. The number of hydrogen-bond donors (Lipinski definition) is 3. The van der Waals surface area contributed by atoms with Crippen molar-refractivity contribution in [2.75, 3.05) is 5.32 Å². The number of nitrogens with zero attached hydrogens (tertiary/aromatic N) is 2. The minimum absolute atomic E-state index is 0.132. The van der Waals surface area contributed by atoms with Crippen LogP contribution in [0.25, 0.3) is 22.4 Å². The fourth-order valence-corrected chi connectivity index (χ4v) is 3.28. The molecule has 0 fully saturated rings. The number of nitrogens with one attached hydrogen (secondary N) is 3. The third-order valence-corrected chi connectivity index (χ3v) is 4.78. The van der Waals surface area contributed by atoms with E-state index in [0.29, 0.717) is 0 Å². The van der Waals surface area contributed by atoms with Crippen molar-refractivity contribution in [3.05, 3.63) is 90.4 Å². The van der Waals surface area contributed by atoms with Crippen molar-refractivity contribution in [2.24, 2.45) is 0 Å². The number of rotatable bonds is 5. The number of alkyl halides is 3. The molecule has 3 N–H and O–H groups in total. The third-order valence-electron chi connectivity index (χ3n) is 4.78. The van der Waals surface area contributed by atoms with Crippen molar-refractivity contribution in [3.8, 4) is 22.4 Å². The van der Waals surface area contributed by atoms with Gasteiger partial charge >= 0.3 is 12.2 Å². The van der Waals surface area contributed by atoms with Crippen LogP contribution in [0.5, 0.6) is 0 Å². The maximum absolute atomic E-state index is 13.1. The Bertz CT molecular complexity index is 1220. The highest BCUT2D eigenvalue weighted by molar-refractivity contribution is 5.90. The van der Waals surface area contributed by atoms with E-state index in [1.54, 1.807) is 18.6 Å². The maximum Gasteiger partial charge on any atom is 0.418 e. The summed E-state index contributed by atoms with van der Waals surface area (Å²) in [7, 11) is 0. The number of carbonyl (C=O) groups excluding carboxylic acids is 1. The standard InChI is InChI=1S/C23H18F3N5O/c24-23(25,26)19-6-1-2-7-20(19)30-22(32)28-13-15-4-3-5-17(12-15)21-18(14-29-31-21)16-8-10-27-11-9-16/h1-12,14H,13H2,(H,29,31)(H2,28,30,32). The average Bonchev–Trinajstić information content (AvgIpc) is 3.28. The van der Waals surface area contributed by atoms with E-state index in [1.807, 2.05) is 36.4 Å². The normalized spacial score (nSPS) is 11.2. The molecule has 0 spiro atoms. The zero-order valence-corrected chi connectivity index (χ0v) is 16.6. The Hall–Kier alpha value is -4.14. The van der Waals surface area contributed by atoms with Crippen LogP contribution in [0.2, 0.25) is 0 Å². The van der Waals surface area contributed by atoms with Crippen LogP contribution in [0, 0.1) is 0 Å². The molecule has 0 atom stereocenters. The molecule has 2 aromatic carbocycles. The number of amides is 2. The molecule has 2 aromatic heterocycles. The highest BCUT2D eigenvalue weighted by Crippen LogP contribution is 2.34. The van der Waals surface area contributed by atoms with Crippen molar-refractivity contribution in [1.82, 2.24) is 20.5 Å². The molecule has 0 aliphatic rings. The number of urea groups is 1. The van der Waals surface area contributed by atoms with Gasteiger partial charge in [0.1, 0.15) is 0 Å². The van der Waals surface area contributed by atoms with Gasteiger partial charge < -0.3 is 10.6 Å². The molecule has 32 heavy (non-hydrogen) atoms. The van der Waals surface area contributed by atoms with Gasteiger partial charge in [-0.3, -0.25) is 10.1 Å². The summed E-state index contributed by atoms with van der Waals surface area (Å²) in [5.41, 5.74) is 3.09. The number of benzene rings is 2. The van der Waals surface area contributed by atoms with Crippen LogP contribution in [-0.2, 0) is 12.7 Å². The Morgan fingerprint density at radius 3 is 2.53 bits per heavy atom. The molecule has 6 nitrogen and oxygen atoms in total. The lowest BCUT2D eigenvalue weighted by atomic mass is 10.0. The Labute approximate surface area is 181 Å². The molecule has 0 unspecified atom stereocenters. The van der Waals surface area contributed by atoms with Gasteiger partial charge in [0.15, 0.2) is 0 Å². The topological polar surface area (TPSA) is 82.7 Å². The lowest BCUT2D eigenvalue weighted by Gasteiger charge is -2.14. The minimum Gasteiger partial charge on any atom is -0.334 e. The predicted molar refractivity (Wildman–Crippen MR) is 115 cm³/mol. The number of para-hydroxylation sites is 1. The summed E-state index contributed by atoms with van der Waals surface area (Å²) < 4.78 is 39.3. The van der Waals surface area contributed by atoms with Crippen molar-refractivity contribution < 1.29 is 18.0 Å². The van der Waals surface area contributed by atoms with Crippen molar-refractivity contribution in [3.63, 3.8) is 0 Å². The number of aromatic nitrogens is 3. The monoisotopic (exact) mass is 437 g/mol. The zero-order chi connectivity index (χ0) is 22.6. The number of pyridine rings is 1. The lowest BCUT2D eigenvalue weighted by Crippen LogP contribution is -2.29. The molecular weight excluding hydrogens is 419 g/mol. The predicted octanol–water partition coefficient (Wildman–Crippen LogP) is 5.48. The van der Waals surface area contributed by atoms with Gasteiger partial charge in [-0.25, -0.2) is 4.79 Å². The second-order valence-corrected chi connectivity index (χ2v) is 6.95. The Morgan fingerprint density at radius 1 is 0.969 bits per heavy atom. The quantitative estimate of drug-likeness (QED) is 0.387. The smallest absolute Gasteiger partial charge is 0.334 e. The molecule has 4 rings (SSSR count). The molecule has 0 saturated heterocycles. The number of H-pyrrole nitrogens is 1. The van der Waals surface area contributed by atoms with Crippen molar-refractivity contribution >= 4 is 11.7 Å². The average molecular weight is 437 g/mol. The number of carbonyl (C=O) groups is 1. The highest BCUT2D eigenvalue weighted by atomic mass is 19.4. The molecule has 162 valence electrons. The largest absolute Gasteiger partial charge is 0.418 e. The number of hydrogen-bond acceptors (Lipinski definition) is 3. The molecule has 0 aliphatic heterocycles. The van der Waals surface area contributed by atoms with E-state index in [1.165, 1.54) is 18.2 Å². The molecule has 0 aliphatic carbocycles. The molecule has 0 bridgehead atoms. The van der Waals surface area contributed by atoms with E-state index in [2.05, 4.69) is 25.8 Å². The first-order chi connectivity index (χ1) is 15.4. The molecule has 2 amide bonds. The summed E-state index contributed by atoms with van der Waals surface area (Å²) in [4.78, 5) is 16.2. The molecule has 0 radical (unpaired) electrons. The van der Waals surface area contributed by atoms with Gasteiger partial charge in [0.25, 0.3) is 0 Å². The van der Waals surface area contributed by atoms with Crippen LogP contribution in [0.15, 0.2) is 79.3 Å². The summed E-state index contributed by atoms with van der Waals surface area (Å²) in [6.07, 6.45) is 0.555. The van der Waals surface area contributed by atoms with Crippen LogP contribution in [0.1, 0.15) is 11.1 Å². The number of anilines is 1. The van der Waals surface area contributed by atoms with Crippen LogP contribution < -0.4 is 10.6 Å². The van der Waals surface area contributed by atoms with E-state index in [0.717, 1.165) is 34.0 Å². The summed E-state index contributed by atoms with van der Waals surface area (Å²) in [6.45, 7) is 0.132. The SMILES string of the molecule is O=C(NCc1cccc(-c2[nH]ncc2-c2ccncc2)c1)Nc1ccccc1C(F)(F)F. The lowest BCUT2D eigenvalue weighted by molar-refractivity contribution is -0.136. The second-order valence-electron chi connectivity index (χ2n) is 6.95. The summed E-state index contributed by atoms with van der Waals surface area (Å²) in [5.74, 6) is 0. The molecule has 4 aromatic rings. The van der Waals surface area contributed by atoms with Gasteiger partial charge in [0.2, 0.25) is 0 Å². The maximum atomic E-state index is 13.1. The van der Waals surface area contributed by atoms with Gasteiger partial charge in [0.05, 0.1) is 23.1 Å². The van der Waals surface area contributed by atoms with E-state index in [-0.39, 0.29) is 12.2 Å². The van der Waals surface area contributed by atoms with Gasteiger partial charge in [-0.2, -0.15) is 18.3 Å². The fourth-order valence-electron chi connectivity index (χ4n) is 3.28. The molecular formula is C23H18F3N5O. The highest BCUT2D eigenvalue weighted by Gasteiger charge is 2.33. The van der Waals surface area contributed by atoms with Crippen LogP contribution >= 0.6 is 0 Å². The number of halogens is 3. The minimum atomic E-state index is -4.56. The van der Waals surface area contributed by atoms with Crippen LogP contribution in [0.3, 0.4) is 0 Å². The van der Waals surface area contributed by atoms with E-state index in [9.17, 15) is 18.0 Å². The fraction of sp³-hybridized carbons (Fsp3) is 0.0870. The molecule has 0 saturated carbocycles. The third kappa shape index (κ3) is 4.77. The van der Waals surface area contributed by atoms with Gasteiger partial charge in [0, 0.05) is 30.1 Å². The summed E-state index contributed by atoms with van der Waals surface area (Å²) in [6, 6.07) is 15.3. The van der Waals surface area contributed by atoms with Crippen LogP contribution in [-0.4, -0.2) is 21.2 Å². The Kier molecular flexibility index (Phi) is 5.89. The van der Waals surface area contributed by atoms with Gasteiger partial charge in [-0.15, -0.1) is 0 Å². The Balaban J connectivity index is 1.46. The first-order valence-corrected chi connectivity index (χ1v) is 9.66. The van der Waals surface area contributed by atoms with E-state index >= 15 is 0 Å².